The lowest BCUT2D eigenvalue weighted by atomic mass is 10.1. The van der Waals surface area contributed by atoms with E-state index in [1.54, 1.807) is 0 Å². The minimum Gasteiger partial charge on any atom is -0.392 e. The maximum absolute atomic E-state index is 13.9. The summed E-state index contributed by atoms with van der Waals surface area (Å²) in [4.78, 5) is 1.33. The van der Waals surface area contributed by atoms with Crippen molar-refractivity contribution in [1.82, 2.24) is 0 Å². The summed E-state index contributed by atoms with van der Waals surface area (Å²) in [6.07, 6.45) is 0.361. The fraction of sp³-hybridized carbons (Fsp3) is 0.500. The van der Waals surface area contributed by atoms with Crippen LogP contribution in [0.15, 0.2) is 12.1 Å². The standard InChI is InChI=1S/C12H15F2NO3S/c1-15(9-2-3-19(17,18)7-9)12-10(13)4-8(6-16)5-11(12)14/h4-5,9,16H,2-3,6-7H2,1H3. The maximum atomic E-state index is 13.9. The predicted molar refractivity (Wildman–Crippen MR) is 67.7 cm³/mol. The second-order valence-electron chi connectivity index (χ2n) is 4.73. The molecule has 1 aromatic rings. The first-order valence-corrected chi connectivity index (χ1v) is 7.68. The molecule has 0 bridgehead atoms. The highest BCUT2D eigenvalue weighted by Crippen LogP contribution is 2.29. The minimum atomic E-state index is -3.11. The summed E-state index contributed by atoms with van der Waals surface area (Å²) in [5.74, 6) is -1.64. The van der Waals surface area contributed by atoms with Crippen LogP contribution in [0.5, 0.6) is 0 Å². The van der Waals surface area contributed by atoms with Crippen molar-refractivity contribution in [3.63, 3.8) is 0 Å². The predicted octanol–water partition coefficient (Wildman–Crippen LogP) is 1.08. The van der Waals surface area contributed by atoms with Gasteiger partial charge in [-0.3, -0.25) is 0 Å². The van der Waals surface area contributed by atoms with E-state index in [2.05, 4.69) is 0 Å². The summed E-state index contributed by atoms with van der Waals surface area (Å²) in [5, 5.41) is 8.87. The van der Waals surface area contributed by atoms with Gasteiger partial charge in [0.25, 0.3) is 0 Å². The fourth-order valence-electron chi connectivity index (χ4n) is 2.31. The molecule has 1 aliphatic rings. The van der Waals surface area contributed by atoms with Crippen molar-refractivity contribution in [2.24, 2.45) is 0 Å². The van der Waals surface area contributed by atoms with Crippen molar-refractivity contribution in [3.8, 4) is 0 Å². The third-order valence-electron chi connectivity index (χ3n) is 3.37. The van der Waals surface area contributed by atoms with E-state index in [-0.39, 0.29) is 22.8 Å². The summed E-state index contributed by atoms with van der Waals surface area (Å²) in [7, 11) is -1.64. The van der Waals surface area contributed by atoms with Crippen molar-refractivity contribution in [1.29, 1.82) is 0 Å². The highest BCUT2D eigenvalue weighted by atomic mass is 32.2. The van der Waals surface area contributed by atoms with Crippen LogP contribution >= 0.6 is 0 Å². The molecule has 1 fully saturated rings. The number of hydrogen-bond donors (Lipinski definition) is 1. The summed E-state index contributed by atoms with van der Waals surface area (Å²) >= 11 is 0. The third-order valence-corrected chi connectivity index (χ3v) is 5.12. The topological polar surface area (TPSA) is 57.6 Å². The van der Waals surface area contributed by atoms with Crippen molar-refractivity contribution in [3.05, 3.63) is 29.3 Å². The molecule has 0 saturated carbocycles. The molecule has 1 N–H and O–H groups in total. The van der Waals surface area contributed by atoms with Crippen LogP contribution in [0.4, 0.5) is 14.5 Å². The van der Waals surface area contributed by atoms with E-state index in [9.17, 15) is 17.2 Å². The van der Waals surface area contributed by atoms with Gasteiger partial charge in [-0.1, -0.05) is 0 Å². The molecule has 1 aliphatic heterocycles. The molecule has 0 radical (unpaired) electrons. The fourth-order valence-corrected chi connectivity index (χ4v) is 4.08. The Morgan fingerprint density at radius 1 is 1.37 bits per heavy atom. The lowest BCUT2D eigenvalue weighted by Gasteiger charge is -2.26. The van der Waals surface area contributed by atoms with Gasteiger partial charge < -0.3 is 10.0 Å². The number of nitrogens with zero attached hydrogens (tertiary/aromatic N) is 1. The smallest absolute Gasteiger partial charge is 0.152 e. The van der Waals surface area contributed by atoms with Crippen molar-refractivity contribution >= 4 is 15.5 Å². The quantitative estimate of drug-likeness (QED) is 0.905. The SMILES string of the molecule is CN(c1c(F)cc(CO)cc1F)C1CCS(=O)(=O)C1. The number of benzene rings is 1. The molecule has 0 aromatic heterocycles. The van der Waals surface area contributed by atoms with Gasteiger partial charge in [0.2, 0.25) is 0 Å². The van der Waals surface area contributed by atoms with Crippen LogP contribution in [0.1, 0.15) is 12.0 Å². The molecule has 2 rings (SSSR count). The second-order valence-corrected chi connectivity index (χ2v) is 6.96. The molecule has 19 heavy (non-hydrogen) atoms. The first kappa shape index (κ1) is 14.2. The van der Waals surface area contributed by atoms with Gasteiger partial charge in [-0.2, -0.15) is 0 Å². The molecule has 1 unspecified atom stereocenters. The molecule has 0 amide bonds. The molecule has 1 saturated heterocycles. The molecule has 7 heteroatoms. The van der Waals surface area contributed by atoms with Gasteiger partial charge in [0.1, 0.15) is 17.3 Å². The van der Waals surface area contributed by atoms with E-state index in [0.717, 1.165) is 12.1 Å². The zero-order chi connectivity index (χ0) is 14.2. The number of halogens is 2. The number of hydrogen-bond acceptors (Lipinski definition) is 4. The molecule has 106 valence electrons. The number of rotatable bonds is 3. The largest absolute Gasteiger partial charge is 0.392 e. The van der Waals surface area contributed by atoms with Gasteiger partial charge in [-0.05, 0) is 24.1 Å². The lowest BCUT2D eigenvalue weighted by molar-refractivity contribution is 0.280. The second kappa shape index (κ2) is 5.05. The molecular formula is C12H15F2NO3S. The Kier molecular flexibility index (Phi) is 3.78. The van der Waals surface area contributed by atoms with Gasteiger partial charge in [0.05, 0.1) is 18.1 Å². The van der Waals surface area contributed by atoms with Crippen LogP contribution in [-0.2, 0) is 16.4 Å². The highest BCUT2D eigenvalue weighted by molar-refractivity contribution is 7.91. The lowest BCUT2D eigenvalue weighted by Crippen LogP contribution is -2.34. The minimum absolute atomic E-state index is 0.0416. The first-order chi connectivity index (χ1) is 8.84. The van der Waals surface area contributed by atoms with Crippen molar-refractivity contribution in [2.45, 2.75) is 19.1 Å². The number of sulfone groups is 1. The Balaban J connectivity index is 2.32. The first-order valence-electron chi connectivity index (χ1n) is 5.86. The summed E-state index contributed by atoms with van der Waals surface area (Å²) in [6.45, 7) is -0.449. The molecule has 1 heterocycles. The van der Waals surface area contributed by atoms with E-state index in [1.165, 1.54) is 11.9 Å². The Labute approximate surface area is 110 Å². The van der Waals surface area contributed by atoms with Crippen molar-refractivity contribution < 1.29 is 22.3 Å². The highest BCUT2D eigenvalue weighted by Gasteiger charge is 2.32. The molecule has 0 aliphatic carbocycles. The van der Waals surface area contributed by atoms with Gasteiger partial charge in [-0.25, -0.2) is 17.2 Å². The van der Waals surface area contributed by atoms with Gasteiger partial charge in [-0.15, -0.1) is 0 Å². The number of aliphatic hydroxyl groups is 1. The van der Waals surface area contributed by atoms with Gasteiger partial charge in [0, 0.05) is 13.1 Å². The van der Waals surface area contributed by atoms with Crippen LogP contribution in [0.3, 0.4) is 0 Å². The van der Waals surface area contributed by atoms with Crippen LogP contribution in [-0.4, -0.2) is 38.1 Å². The summed E-state index contributed by atoms with van der Waals surface area (Å²) in [5.41, 5.74) is -0.106. The van der Waals surface area contributed by atoms with E-state index in [4.69, 9.17) is 5.11 Å². The zero-order valence-corrected chi connectivity index (χ0v) is 11.3. The summed E-state index contributed by atoms with van der Waals surface area (Å²) < 4.78 is 50.5. The van der Waals surface area contributed by atoms with Crippen LogP contribution in [0.2, 0.25) is 0 Å². The van der Waals surface area contributed by atoms with Gasteiger partial charge in [0.15, 0.2) is 9.84 Å². The monoisotopic (exact) mass is 291 g/mol. The third kappa shape index (κ3) is 2.87. The average Bonchev–Trinajstić information content (AvgIpc) is 2.68. The van der Waals surface area contributed by atoms with Gasteiger partial charge >= 0.3 is 0 Å². The maximum Gasteiger partial charge on any atom is 0.152 e. The normalized spacial score (nSPS) is 21.6. The van der Waals surface area contributed by atoms with E-state index in [1.807, 2.05) is 0 Å². The van der Waals surface area contributed by atoms with Crippen LogP contribution in [0.25, 0.3) is 0 Å². The Morgan fingerprint density at radius 3 is 2.37 bits per heavy atom. The Morgan fingerprint density at radius 2 is 1.95 bits per heavy atom. The van der Waals surface area contributed by atoms with Crippen LogP contribution in [0, 0.1) is 11.6 Å². The average molecular weight is 291 g/mol. The van der Waals surface area contributed by atoms with Crippen molar-refractivity contribution in [2.75, 3.05) is 23.5 Å². The Hall–Kier alpha value is -1.21. The van der Waals surface area contributed by atoms with E-state index >= 15 is 0 Å². The molecule has 1 atom stereocenters. The zero-order valence-electron chi connectivity index (χ0n) is 10.4. The number of aliphatic hydroxyl groups excluding tert-OH is 1. The molecular weight excluding hydrogens is 276 g/mol. The molecule has 4 nitrogen and oxygen atoms in total. The van der Waals surface area contributed by atoms with E-state index in [0.29, 0.717) is 6.42 Å². The Bertz CT molecular complexity index is 566. The van der Waals surface area contributed by atoms with Crippen LogP contribution < -0.4 is 4.90 Å². The van der Waals surface area contributed by atoms with E-state index < -0.39 is 34.1 Å². The molecule has 1 aromatic carbocycles. The molecule has 0 spiro atoms. The summed E-state index contributed by atoms with van der Waals surface area (Å²) in [6, 6.07) is 1.69. The number of anilines is 1.